The number of benzene rings is 2. The van der Waals surface area contributed by atoms with Crippen molar-refractivity contribution in [2.45, 2.75) is 22.6 Å². The molecule has 248 valence electrons. The van der Waals surface area contributed by atoms with Crippen molar-refractivity contribution in [3.63, 3.8) is 0 Å². The predicted octanol–water partition coefficient (Wildman–Crippen LogP) is 3.32. The van der Waals surface area contributed by atoms with Gasteiger partial charge in [0.1, 0.15) is 9.79 Å². The van der Waals surface area contributed by atoms with Crippen molar-refractivity contribution in [1.29, 1.82) is 0 Å². The van der Waals surface area contributed by atoms with Gasteiger partial charge in [0.2, 0.25) is 40.1 Å². The first-order chi connectivity index (χ1) is 20.9. The van der Waals surface area contributed by atoms with Gasteiger partial charge in [-0.1, -0.05) is 47.4 Å². The van der Waals surface area contributed by atoms with Gasteiger partial charge in [0.15, 0.2) is 0 Å². The van der Waals surface area contributed by atoms with Gasteiger partial charge in [0.05, 0.1) is 10.0 Å². The van der Waals surface area contributed by atoms with E-state index in [9.17, 15) is 33.7 Å². The van der Waals surface area contributed by atoms with Crippen molar-refractivity contribution in [3.05, 3.63) is 74.4 Å². The Morgan fingerprint density at radius 2 is 1.29 bits per heavy atom. The van der Waals surface area contributed by atoms with E-state index < -0.39 is 40.1 Å². The smallest absolute Gasteiger partial charge is 0.211 e. The van der Waals surface area contributed by atoms with Gasteiger partial charge >= 0.3 is 0 Å². The zero-order valence-corrected chi connectivity index (χ0v) is 29.2. The third-order valence-corrected chi connectivity index (χ3v) is 14.4. The highest BCUT2D eigenvalue weighted by atomic mass is 35.5. The molecule has 2 saturated heterocycles. The molecule has 2 fully saturated rings. The zero-order chi connectivity index (χ0) is 33.2. The normalized spacial score (nSPS) is 20.7. The maximum Gasteiger partial charge on any atom is 0.244 e. The standard InChI is InChI=1S/C26H31Cl3N4O8S4/c1-2-42(34,35)30-15-20-7-10-32(17-20)44(38,39)25-6-3-19(13-24(25)29)9-12-43(36,37)31-16-21-8-11-33(18-21)45(40,41)26-14-22(27)4-5-23(26)28/h2-6,9,12-14,20-21,30-31H,1,7-8,10-11,15-18H2/b12-9+. The average molecular weight is 762 g/mol. The van der Waals surface area contributed by atoms with E-state index in [4.69, 9.17) is 34.8 Å². The van der Waals surface area contributed by atoms with Crippen LogP contribution in [0.15, 0.2) is 63.6 Å². The van der Waals surface area contributed by atoms with Gasteiger partial charge in [-0.05, 0) is 66.6 Å². The highest BCUT2D eigenvalue weighted by molar-refractivity contribution is 7.92. The molecule has 45 heavy (non-hydrogen) atoms. The van der Waals surface area contributed by atoms with Crippen LogP contribution < -0.4 is 9.44 Å². The first-order valence-electron chi connectivity index (χ1n) is 13.5. The summed E-state index contributed by atoms with van der Waals surface area (Å²) in [5, 5.41) is 1.85. The Morgan fingerprint density at radius 3 is 1.84 bits per heavy atom. The fraction of sp³-hybridized carbons (Fsp3) is 0.385. The van der Waals surface area contributed by atoms with Crippen molar-refractivity contribution in [3.8, 4) is 0 Å². The topological polar surface area (TPSA) is 167 Å². The minimum atomic E-state index is -3.99. The summed E-state index contributed by atoms with van der Waals surface area (Å²) in [5.41, 5.74) is 0.332. The second kappa shape index (κ2) is 14.3. The molecule has 2 atom stereocenters. The van der Waals surface area contributed by atoms with Crippen molar-refractivity contribution < 1.29 is 33.7 Å². The second-order valence-electron chi connectivity index (χ2n) is 10.6. The van der Waals surface area contributed by atoms with E-state index in [0.29, 0.717) is 18.4 Å². The molecule has 2 unspecified atom stereocenters. The van der Waals surface area contributed by atoms with Crippen LogP contribution in [0.5, 0.6) is 0 Å². The molecule has 0 aromatic heterocycles. The summed E-state index contributed by atoms with van der Waals surface area (Å²) in [7, 11) is -15.5. The SMILES string of the molecule is C=CS(=O)(=O)NCC1CCN(S(=O)(=O)c2ccc(/C=C/S(=O)(=O)NCC3CCN(S(=O)(=O)c4cc(Cl)ccc4Cl)C3)cc2Cl)C1. The van der Waals surface area contributed by atoms with Gasteiger partial charge in [0, 0.05) is 55.1 Å². The molecule has 2 aliphatic heterocycles. The fourth-order valence-electron chi connectivity index (χ4n) is 4.89. The first-order valence-corrected chi connectivity index (χ1v) is 20.6. The second-order valence-corrected chi connectivity index (χ2v) is 19.0. The molecule has 0 aliphatic carbocycles. The van der Waals surface area contributed by atoms with Crippen LogP contribution in [-0.2, 0) is 40.1 Å². The van der Waals surface area contributed by atoms with Crippen LogP contribution in [0.2, 0.25) is 15.1 Å². The number of rotatable bonds is 13. The number of hydrogen-bond donors (Lipinski definition) is 2. The van der Waals surface area contributed by atoms with E-state index >= 15 is 0 Å². The third kappa shape index (κ3) is 9.07. The first kappa shape index (κ1) is 36.3. The van der Waals surface area contributed by atoms with Crippen LogP contribution in [0, 0.1) is 11.8 Å². The Kier molecular flexibility index (Phi) is 11.5. The number of nitrogens with one attached hydrogen (secondary N) is 2. The van der Waals surface area contributed by atoms with Gasteiger partial charge < -0.3 is 0 Å². The van der Waals surface area contributed by atoms with Crippen LogP contribution in [0.3, 0.4) is 0 Å². The summed E-state index contributed by atoms with van der Waals surface area (Å²) in [6.45, 7) is 3.84. The lowest BCUT2D eigenvalue weighted by Crippen LogP contribution is -2.32. The highest BCUT2D eigenvalue weighted by Gasteiger charge is 2.35. The Balaban J connectivity index is 1.34. The van der Waals surface area contributed by atoms with E-state index in [1.807, 2.05) is 0 Å². The lowest BCUT2D eigenvalue weighted by atomic mass is 10.1. The molecule has 12 nitrogen and oxygen atoms in total. The molecule has 0 spiro atoms. The molecule has 4 rings (SSSR count). The molecule has 2 aromatic rings. The van der Waals surface area contributed by atoms with E-state index in [0.717, 1.165) is 10.8 Å². The Hall–Kier alpha value is -1.57. The van der Waals surface area contributed by atoms with Gasteiger partial charge in [0.25, 0.3) is 0 Å². The van der Waals surface area contributed by atoms with Crippen molar-refractivity contribution >= 4 is 81.0 Å². The number of sulfonamides is 4. The van der Waals surface area contributed by atoms with Crippen molar-refractivity contribution in [2.75, 3.05) is 39.3 Å². The number of halogens is 3. The zero-order valence-electron chi connectivity index (χ0n) is 23.6. The summed E-state index contributed by atoms with van der Waals surface area (Å²) >= 11 is 18.3. The van der Waals surface area contributed by atoms with E-state index in [2.05, 4.69) is 16.0 Å². The monoisotopic (exact) mass is 760 g/mol. The average Bonchev–Trinajstić information content (AvgIpc) is 3.66. The minimum Gasteiger partial charge on any atom is -0.211 e. The summed E-state index contributed by atoms with van der Waals surface area (Å²) in [6, 6.07) is 8.18. The molecule has 19 heteroatoms. The fourth-order valence-corrected chi connectivity index (χ4v) is 10.7. The molecule has 2 heterocycles. The Labute approximate surface area is 279 Å². The van der Waals surface area contributed by atoms with Crippen molar-refractivity contribution in [2.24, 2.45) is 11.8 Å². The van der Waals surface area contributed by atoms with E-state index in [1.54, 1.807) is 0 Å². The molecule has 2 aliphatic rings. The van der Waals surface area contributed by atoms with E-state index in [1.165, 1.54) is 51.1 Å². The van der Waals surface area contributed by atoms with Crippen LogP contribution in [0.25, 0.3) is 6.08 Å². The van der Waals surface area contributed by atoms with Crippen LogP contribution in [0.4, 0.5) is 0 Å². The summed E-state index contributed by atoms with van der Waals surface area (Å²) in [5.74, 6) is -0.515. The number of hydrogen-bond acceptors (Lipinski definition) is 8. The molecule has 0 radical (unpaired) electrons. The summed E-state index contributed by atoms with van der Waals surface area (Å²) < 4.78 is 108. The van der Waals surface area contributed by atoms with Crippen LogP contribution >= 0.6 is 34.8 Å². The predicted molar refractivity (Wildman–Crippen MR) is 175 cm³/mol. The lowest BCUT2D eigenvalue weighted by Gasteiger charge is -2.18. The quantitative estimate of drug-likeness (QED) is 0.314. The Bertz CT molecular complexity index is 1920. The summed E-state index contributed by atoms with van der Waals surface area (Å²) in [6.07, 6.45) is 2.14. The van der Waals surface area contributed by atoms with Gasteiger partial charge in [-0.2, -0.15) is 8.61 Å². The summed E-state index contributed by atoms with van der Waals surface area (Å²) in [4.78, 5) is -0.272. The largest absolute Gasteiger partial charge is 0.244 e. The Morgan fingerprint density at radius 1 is 0.733 bits per heavy atom. The molecular formula is C26H31Cl3N4O8S4. The minimum absolute atomic E-state index is 0.00816. The lowest BCUT2D eigenvalue weighted by molar-refractivity contribution is 0.454. The van der Waals surface area contributed by atoms with Crippen molar-refractivity contribution in [1.82, 2.24) is 18.1 Å². The van der Waals surface area contributed by atoms with Crippen LogP contribution in [-0.4, -0.2) is 81.6 Å². The maximum atomic E-state index is 13.2. The van der Waals surface area contributed by atoms with E-state index in [-0.39, 0.29) is 76.0 Å². The molecule has 2 aromatic carbocycles. The van der Waals surface area contributed by atoms with Gasteiger partial charge in [-0.25, -0.2) is 43.1 Å². The van der Waals surface area contributed by atoms with Crippen LogP contribution in [0.1, 0.15) is 18.4 Å². The third-order valence-electron chi connectivity index (χ3n) is 7.39. The van der Waals surface area contributed by atoms with Gasteiger partial charge in [-0.3, -0.25) is 0 Å². The molecule has 0 saturated carbocycles. The molecule has 0 amide bonds. The molecular weight excluding hydrogens is 731 g/mol. The van der Waals surface area contributed by atoms with Gasteiger partial charge in [-0.15, -0.1) is 0 Å². The molecule has 2 N–H and O–H groups in total. The highest BCUT2D eigenvalue weighted by Crippen LogP contribution is 2.32. The maximum absolute atomic E-state index is 13.2. The number of nitrogens with zero attached hydrogens (tertiary/aromatic N) is 2. The molecule has 0 bridgehead atoms.